The van der Waals surface area contributed by atoms with Crippen molar-refractivity contribution in [3.8, 4) is 5.69 Å². The number of benzene rings is 2. The number of nitrogens with zero attached hydrogens (tertiary/aromatic N) is 3. The average molecular weight is 453 g/mol. The smallest absolute Gasteiger partial charge is 0.255 e. The highest BCUT2D eigenvalue weighted by atomic mass is 32.2. The van der Waals surface area contributed by atoms with E-state index in [9.17, 15) is 13.2 Å². The number of rotatable bonds is 5. The Labute approximate surface area is 189 Å². The van der Waals surface area contributed by atoms with Crippen molar-refractivity contribution in [1.82, 2.24) is 14.1 Å². The van der Waals surface area contributed by atoms with Crippen LogP contribution in [0.1, 0.15) is 47.4 Å². The molecule has 0 radical (unpaired) electrons. The molecule has 0 atom stereocenters. The second kappa shape index (κ2) is 9.26. The topological polar surface area (TPSA) is 84.3 Å². The van der Waals surface area contributed by atoms with Gasteiger partial charge >= 0.3 is 0 Å². The van der Waals surface area contributed by atoms with Crippen LogP contribution in [-0.2, 0) is 10.0 Å². The number of hydrogen-bond donors (Lipinski definition) is 1. The number of sulfonamides is 1. The molecule has 2 heterocycles. The van der Waals surface area contributed by atoms with Crippen LogP contribution in [0.4, 0.5) is 5.69 Å². The third-order valence-corrected chi connectivity index (χ3v) is 7.61. The predicted octanol–water partition coefficient (Wildman–Crippen LogP) is 4.31. The molecule has 4 rings (SSSR count). The molecule has 1 aromatic heterocycles. The molecule has 3 aromatic rings. The van der Waals surface area contributed by atoms with Gasteiger partial charge in [-0.1, -0.05) is 12.8 Å². The fraction of sp³-hybridized carbons (Fsp3) is 0.333. The second-order valence-corrected chi connectivity index (χ2v) is 10.1. The molecule has 7 nitrogen and oxygen atoms in total. The SMILES string of the molecule is Cc1cc(C)n(-c2ccc(C(=O)Nc3ccc(S(=O)(=O)N4CCCCCC4)cc3)cc2)n1. The van der Waals surface area contributed by atoms with Crippen LogP contribution in [0.25, 0.3) is 5.69 Å². The Balaban J connectivity index is 1.44. The number of amides is 1. The molecule has 8 heteroatoms. The first-order valence-corrected chi connectivity index (χ1v) is 12.3. The summed E-state index contributed by atoms with van der Waals surface area (Å²) in [5, 5.41) is 7.28. The molecule has 168 valence electrons. The summed E-state index contributed by atoms with van der Waals surface area (Å²) < 4.78 is 29.2. The maximum absolute atomic E-state index is 12.9. The van der Waals surface area contributed by atoms with E-state index in [4.69, 9.17) is 0 Å². The van der Waals surface area contributed by atoms with E-state index in [1.807, 2.05) is 36.7 Å². The van der Waals surface area contributed by atoms with Crippen LogP contribution < -0.4 is 5.32 Å². The minimum absolute atomic E-state index is 0.256. The van der Waals surface area contributed by atoms with E-state index in [1.165, 1.54) is 0 Å². The lowest BCUT2D eigenvalue weighted by atomic mass is 10.2. The van der Waals surface area contributed by atoms with Crippen LogP contribution in [-0.4, -0.2) is 41.5 Å². The maximum atomic E-state index is 12.9. The zero-order chi connectivity index (χ0) is 22.7. The predicted molar refractivity (Wildman–Crippen MR) is 125 cm³/mol. The van der Waals surface area contributed by atoms with Gasteiger partial charge in [0.1, 0.15) is 0 Å². The molecule has 0 spiro atoms. The Kier molecular flexibility index (Phi) is 6.43. The maximum Gasteiger partial charge on any atom is 0.255 e. The highest BCUT2D eigenvalue weighted by Crippen LogP contribution is 2.22. The Hall–Kier alpha value is -2.97. The lowest BCUT2D eigenvalue weighted by Crippen LogP contribution is -2.31. The van der Waals surface area contributed by atoms with E-state index in [1.54, 1.807) is 40.7 Å². The quantitative estimate of drug-likeness (QED) is 0.625. The lowest BCUT2D eigenvalue weighted by Gasteiger charge is -2.20. The highest BCUT2D eigenvalue weighted by Gasteiger charge is 2.25. The van der Waals surface area contributed by atoms with Gasteiger partial charge in [0.25, 0.3) is 5.91 Å². The molecule has 1 aliphatic heterocycles. The molecule has 1 N–H and O–H groups in total. The van der Waals surface area contributed by atoms with Crippen molar-refractivity contribution >= 4 is 21.6 Å². The van der Waals surface area contributed by atoms with Gasteiger partial charge in [-0.25, -0.2) is 13.1 Å². The first-order valence-electron chi connectivity index (χ1n) is 10.9. The van der Waals surface area contributed by atoms with Crippen LogP contribution >= 0.6 is 0 Å². The van der Waals surface area contributed by atoms with Gasteiger partial charge in [0.2, 0.25) is 10.0 Å². The summed E-state index contributed by atoms with van der Waals surface area (Å²) >= 11 is 0. The molecule has 1 aliphatic rings. The fourth-order valence-electron chi connectivity index (χ4n) is 3.99. The molecular formula is C24H28N4O3S. The summed E-state index contributed by atoms with van der Waals surface area (Å²) in [5.74, 6) is -0.256. The Bertz CT molecular complexity index is 1190. The number of anilines is 1. The standard InChI is InChI=1S/C24H28N4O3S/c1-18-17-19(2)28(26-18)22-11-7-20(8-12-22)24(29)25-21-9-13-23(14-10-21)32(30,31)27-15-5-3-4-6-16-27/h7-14,17H,3-6,15-16H2,1-2H3,(H,25,29). The largest absolute Gasteiger partial charge is 0.322 e. The van der Waals surface area contributed by atoms with Crippen LogP contribution in [0.2, 0.25) is 0 Å². The van der Waals surface area contributed by atoms with E-state index in [-0.39, 0.29) is 10.8 Å². The van der Waals surface area contributed by atoms with Crippen molar-refractivity contribution in [2.45, 2.75) is 44.4 Å². The van der Waals surface area contributed by atoms with Crippen LogP contribution in [0.15, 0.2) is 59.5 Å². The monoisotopic (exact) mass is 452 g/mol. The normalized spacial score (nSPS) is 15.3. The molecule has 1 saturated heterocycles. The molecule has 0 saturated carbocycles. The molecule has 2 aromatic carbocycles. The summed E-state index contributed by atoms with van der Waals surface area (Å²) in [5.41, 5.74) is 3.90. The minimum atomic E-state index is -3.50. The van der Waals surface area contributed by atoms with Crippen molar-refractivity contribution in [1.29, 1.82) is 0 Å². The molecule has 0 bridgehead atoms. The van der Waals surface area contributed by atoms with Crippen molar-refractivity contribution in [2.24, 2.45) is 0 Å². The van der Waals surface area contributed by atoms with Crippen molar-refractivity contribution in [3.05, 3.63) is 71.5 Å². The Morgan fingerprint density at radius 2 is 1.53 bits per heavy atom. The molecule has 0 unspecified atom stereocenters. The van der Waals surface area contributed by atoms with E-state index in [2.05, 4.69) is 10.4 Å². The third kappa shape index (κ3) is 4.76. The van der Waals surface area contributed by atoms with Crippen molar-refractivity contribution in [2.75, 3.05) is 18.4 Å². The summed E-state index contributed by atoms with van der Waals surface area (Å²) in [6, 6.07) is 15.6. The zero-order valence-corrected chi connectivity index (χ0v) is 19.2. The summed E-state index contributed by atoms with van der Waals surface area (Å²) in [6.07, 6.45) is 3.93. The van der Waals surface area contributed by atoms with Gasteiger partial charge in [0.15, 0.2) is 0 Å². The summed E-state index contributed by atoms with van der Waals surface area (Å²) in [4.78, 5) is 12.9. The number of nitrogens with one attached hydrogen (secondary N) is 1. The van der Waals surface area contributed by atoms with Crippen LogP contribution in [0, 0.1) is 13.8 Å². The van der Waals surface area contributed by atoms with Crippen molar-refractivity contribution in [3.63, 3.8) is 0 Å². The third-order valence-electron chi connectivity index (χ3n) is 5.70. The number of aromatic nitrogens is 2. The fourth-order valence-corrected chi connectivity index (χ4v) is 5.51. The number of aryl methyl sites for hydroxylation is 2. The average Bonchev–Trinajstić information content (AvgIpc) is 2.97. The first-order chi connectivity index (χ1) is 15.3. The molecule has 32 heavy (non-hydrogen) atoms. The summed E-state index contributed by atoms with van der Waals surface area (Å²) in [7, 11) is -3.50. The van der Waals surface area contributed by atoms with E-state index in [0.717, 1.165) is 42.8 Å². The van der Waals surface area contributed by atoms with Gasteiger partial charge in [-0.2, -0.15) is 9.40 Å². The van der Waals surface area contributed by atoms with E-state index < -0.39 is 10.0 Å². The van der Waals surface area contributed by atoms with E-state index in [0.29, 0.717) is 24.3 Å². The second-order valence-electron chi connectivity index (χ2n) is 8.18. The number of carbonyl (C=O) groups is 1. The van der Waals surface area contributed by atoms with Gasteiger partial charge < -0.3 is 5.32 Å². The highest BCUT2D eigenvalue weighted by molar-refractivity contribution is 7.89. The number of hydrogen-bond acceptors (Lipinski definition) is 4. The molecular weight excluding hydrogens is 424 g/mol. The zero-order valence-electron chi connectivity index (χ0n) is 18.4. The summed E-state index contributed by atoms with van der Waals surface area (Å²) in [6.45, 7) is 5.05. The van der Waals surface area contributed by atoms with Gasteiger partial charge in [-0.05, 0) is 81.3 Å². The van der Waals surface area contributed by atoms with Gasteiger partial charge in [0.05, 0.1) is 16.3 Å². The molecule has 1 amide bonds. The molecule has 0 aliphatic carbocycles. The van der Waals surface area contributed by atoms with E-state index >= 15 is 0 Å². The van der Waals surface area contributed by atoms with Crippen LogP contribution in [0.3, 0.4) is 0 Å². The minimum Gasteiger partial charge on any atom is -0.322 e. The number of carbonyl (C=O) groups excluding carboxylic acids is 1. The van der Waals surface area contributed by atoms with Gasteiger partial charge in [-0.15, -0.1) is 0 Å². The van der Waals surface area contributed by atoms with Crippen molar-refractivity contribution < 1.29 is 13.2 Å². The Morgan fingerprint density at radius 3 is 2.09 bits per heavy atom. The first kappa shape index (κ1) is 22.2. The molecule has 1 fully saturated rings. The van der Waals surface area contributed by atoms with Gasteiger partial charge in [-0.3, -0.25) is 4.79 Å². The Morgan fingerprint density at radius 1 is 0.906 bits per heavy atom. The van der Waals surface area contributed by atoms with Gasteiger partial charge in [0, 0.05) is 30.0 Å². The van der Waals surface area contributed by atoms with Crippen LogP contribution in [0.5, 0.6) is 0 Å². The lowest BCUT2D eigenvalue weighted by molar-refractivity contribution is 0.102.